The maximum Gasteiger partial charge on any atom is 0.433 e. The molecule has 1 unspecified atom stereocenters. The van der Waals surface area contributed by atoms with E-state index in [2.05, 4.69) is 15.3 Å². The first-order chi connectivity index (χ1) is 11.9. The van der Waals surface area contributed by atoms with Crippen LogP contribution in [0.1, 0.15) is 29.4 Å². The highest BCUT2D eigenvalue weighted by Crippen LogP contribution is 2.31. The van der Waals surface area contributed by atoms with Crippen molar-refractivity contribution in [3.8, 4) is 5.75 Å². The molecule has 8 heteroatoms. The van der Waals surface area contributed by atoms with Gasteiger partial charge in [0.05, 0.1) is 24.9 Å². The average Bonchev–Trinajstić information content (AvgIpc) is 2.60. The summed E-state index contributed by atoms with van der Waals surface area (Å²) in [6.45, 7) is 0.519. The third kappa shape index (κ3) is 4.20. The number of ether oxygens (including phenoxy) is 1. The Kier molecular flexibility index (Phi) is 4.78. The van der Waals surface area contributed by atoms with Crippen LogP contribution in [0.15, 0.2) is 47.5 Å². The van der Waals surface area contributed by atoms with Gasteiger partial charge in [-0.05, 0) is 18.2 Å². The Morgan fingerprint density at radius 3 is 2.84 bits per heavy atom. The third-order valence-electron chi connectivity index (χ3n) is 3.79. The lowest BCUT2D eigenvalue weighted by Gasteiger charge is -2.26. The van der Waals surface area contributed by atoms with Crippen LogP contribution in [0.4, 0.5) is 13.2 Å². The fourth-order valence-electron chi connectivity index (χ4n) is 2.61. The standard InChI is InChI=1S/C17H17F3N4O/c18-17(19,20)15-7-3-4-11(23-15)10-22-16(21)24-13-8-9-25-14-6-2-1-5-12(13)14/h1-7,13H,8-10H2,(H3,21,22,24). The monoisotopic (exact) mass is 350 g/mol. The van der Waals surface area contributed by atoms with Crippen LogP contribution in [0.2, 0.25) is 0 Å². The molecule has 0 saturated carbocycles. The zero-order chi connectivity index (χ0) is 17.9. The quantitative estimate of drug-likeness (QED) is 0.659. The van der Waals surface area contributed by atoms with Gasteiger partial charge in [-0.3, -0.25) is 0 Å². The lowest BCUT2D eigenvalue weighted by molar-refractivity contribution is -0.141. The lowest BCUT2D eigenvalue weighted by atomic mass is 10.0. The zero-order valence-corrected chi connectivity index (χ0v) is 13.3. The predicted octanol–water partition coefficient (Wildman–Crippen LogP) is 3.03. The van der Waals surface area contributed by atoms with E-state index in [1.54, 1.807) is 0 Å². The fourth-order valence-corrected chi connectivity index (χ4v) is 2.61. The Balaban J connectivity index is 1.68. The predicted molar refractivity (Wildman–Crippen MR) is 87.0 cm³/mol. The van der Waals surface area contributed by atoms with Gasteiger partial charge >= 0.3 is 6.18 Å². The number of hydrogen-bond acceptors (Lipinski definition) is 3. The second kappa shape index (κ2) is 7.00. The molecule has 0 amide bonds. The fraction of sp³-hybridized carbons (Fsp3) is 0.294. The second-order valence-electron chi connectivity index (χ2n) is 5.59. The number of nitrogens with zero attached hydrogens (tertiary/aromatic N) is 2. The molecule has 5 nitrogen and oxygen atoms in total. The maximum absolute atomic E-state index is 12.7. The molecule has 25 heavy (non-hydrogen) atoms. The van der Waals surface area contributed by atoms with E-state index >= 15 is 0 Å². The second-order valence-corrected chi connectivity index (χ2v) is 5.59. The SMILES string of the molecule is NC(=NCc1cccc(C(F)(F)F)n1)NC1CCOc2ccccc21. The molecule has 1 aliphatic rings. The van der Waals surface area contributed by atoms with Gasteiger partial charge in [0.1, 0.15) is 11.4 Å². The summed E-state index contributed by atoms with van der Waals surface area (Å²) in [6, 6.07) is 11.3. The number of fused-ring (bicyclic) bond motifs is 1. The number of halogens is 3. The molecule has 0 radical (unpaired) electrons. The molecule has 0 bridgehead atoms. The van der Waals surface area contributed by atoms with E-state index in [1.165, 1.54) is 12.1 Å². The normalized spacial score (nSPS) is 17.6. The van der Waals surface area contributed by atoms with Crippen LogP contribution in [0.25, 0.3) is 0 Å². The minimum absolute atomic E-state index is 0.0341. The van der Waals surface area contributed by atoms with Crippen LogP contribution < -0.4 is 15.8 Å². The van der Waals surface area contributed by atoms with Gasteiger partial charge in [-0.25, -0.2) is 9.98 Å². The summed E-state index contributed by atoms with van der Waals surface area (Å²) in [5.41, 5.74) is 6.12. The molecule has 0 saturated heterocycles. The summed E-state index contributed by atoms with van der Waals surface area (Å²) >= 11 is 0. The number of nitrogens with one attached hydrogen (secondary N) is 1. The minimum atomic E-state index is -4.48. The van der Waals surface area contributed by atoms with Crippen molar-refractivity contribution < 1.29 is 17.9 Å². The van der Waals surface area contributed by atoms with Gasteiger partial charge in [-0.15, -0.1) is 0 Å². The Labute approximate surface area is 142 Å². The highest BCUT2D eigenvalue weighted by atomic mass is 19.4. The topological polar surface area (TPSA) is 72.5 Å². The number of nitrogens with two attached hydrogens (primary N) is 1. The van der Waals surface area contributed by atoms with Crippen LogP contribution in [-0.4, -0.2) is 17.6 Å². The largest absolute Gasteiger partial charge is 0.493 e. The average molecular weight is 350 g/mol. The molecular formula is C17H17F3N4O. The Morgan fingerprint density at radius 1 is 1.24 bits per heavy atom. The molecule has 0 fully saturated rings. The van der Waals surface area contributed by atoms with Gasteiger partial charge in [0, 0.05) is 12.0 Å². The van der Waals surface area contributed by atoms with E-state index in [9.17, 15) is 13.2 Å². The van der Waals surface area contributed by atoms with E-state index in [0.717, 1.165) is 23.8 Å². The van der Waals surface area contributed by atoms with Gasteiger partial charge in [-0.2, -0.15) is 13.2 Å². The number of para-hydroxylation sites is 1. The highest BCUT2D eigenvalue weighted by Gasteiger charge is 2.32. The molecule has 0 aliphatic carbocycles. The zero-order valence-electron chi connectivity index (χ0n) is 13.3. The number of guanidine groups is 1. The smallest absolute Gasteiger partial charge is 0.433 e. The highest BCUT2D eigenvalue weighted by molar-refractivity contribution is 5.78. The number of alkyl halides is 3. The number of aromatic nitrogens is 1. The molecule has 1 aliphatic heterocycles. The molecule has 2 heterocycles. The van der Waals surface area contributed by atoms with Crippen LogP contribution >= 0.6 is 0 Å². The first-order valence-electron chi connectivity index (χ1n) is 7.75. The molecular weight excluding hydrogens is 333 g/mol. The van der Waals surface area contributed by atoms with Gasteiger partial charge < -0.3 is 15.8 Å². The molecule has 132 valence electrons. The number of pyridine rings is 1. The summed E-state index contributed by atoms with van der Waals surface area (Å²) in [5.74, 6) is 0.944. The Bertz CT molecular complexity index is 776. The van der Waals surface area contributed by atoms with Crippen molar-refractivity contribution in [2.75, 3.05) is 6.61 Å². The van der Waals surface area contributed by atoms with Crippen LogP contribution in [-0.2, 0) is 12.7 Å². The van der Waals surface area contributed by atoms with Crippen molar-refractivity contribution in [1.29, 1.82) is 0 Å². The van der Waals surface area contributed by atoms with Gasteiger partial charge in [-0.1, -0.05) is 24.3 Å². The maximum atomic E-state index is 12.7. The van der Waals surface area contributed by atoms with E-state index in [4.69, 9.17) is 10.5 Å². The van der Waals surface area contributed by atoms with Gasteiger partial charge in [0.25, 0.3) is 0 Å². The summed E-state index contributed by atoms with van der Waals surface area (Å²) in [5, 5.41) is 3.09. The molecule has 1 aromatic carbocycles. The van der Waals surface area contributed by atoms with Crippen LogP contribution in [0.3, 0.4) is 0 Å². The summed E-state index contributed by atoms with van der Waals surface area (Å²) in [6.07, 6.45) is -3.76. The van der Waals surface area contributed by atoms with Crippen LogP contribution in [0.5, 0.6) is 5.75 Å². The summed E-state index contributed by atoms with van der Waals surface area (Å²) in [4.78, 5) is 7.66. The van der Waals surface area contributed by atoms with Crippen LogP contribution in [0, 0.1) is 0 Å². The van der Waals surface area contributed by atoms with Gasteiger partial charge in [0.15, 0.2) is 5.96 Å². The molecule has 2 aromatic rings. The molecule has 3 rings (SSSR count). The Morgan fingerprint density at radius 2 is 2.04 bits per heavy atom. The minimum Gasteiger partial charge on any atom is -0.493 e. The van der Waals surface area contributed by atoms with Crippen molar-refractivity contribution in [1.82, 2.24) is 10.3 Å². The van der Waals surface area contributed by atoms with Crippen molar-refractivity contribution >= 4 is 5.96 Å². The number of aliphatic imine (C=N–C) groups is 1. The van der Waals surface area contributed by atoms with E-state index in [1.807, 2.05) is 24.3 Å². The number of hydrogen-bond donors (Lipinski definition) is 2. The summed E-state index contributed by atoms with van der Waals surface area (Å²) in [7, 11) is 0. The Hall–Kier alpha value is -2.77. The van der Waals surface area contributed by atoms with Crippen molar-refractivity contribution in [3.63, 3.8) is 0 Å². The summed E-state index contributed by atoms with van der Waals surface area (Å²) < 4.78 is 43.6. The molecule has 0 spiro atoms. The van der Waals surface area contributed by atoms with E-state index in [-0.39, 0.29) is 24.2 Å². The molecule has 3 N–H and O–H groups in total. The van der Waals surface area contributed by atoms with Gasteiger partial charge in [0.2, 0.25) is 0 Å². The first-order valence-corrected chi connectivity index (χ1v) is 7.75. The third-order valence-corrected chi connectivity index (χ3v) is 3.79. The number of benzene rings is 1. The van der Waals surface area contributed by atoms with Crippen molar-refractivity contribution in [2.45, 2.75) is 25.2 Å². The van der Waals surface area contributed by atoms with E-state index < -0.39 is 11.9 Å². The number of rotatable bonds is 3. The van der Waals surface area contributed by atoms with Crippen molar-refractivity contribution in [3.05, 3.63) is 59.4 Å². The lowest BCUT2D eigenvalue weighted by Crippen LogP contribution is -2.37. The first kappa shape index (κ1) is 17.1. The molecule has 1 aromatic heterocycles. The van der Waals surface area contributed by atoms with E-state index in [0.29, 0.717) is 6.61 Å². The molecule has 1 atom stereocenters. The van der Waals surface area contributed by atoms with Crippen molar-refractivity contribution in [2.24, 2.45) is 10.7 Å².